The molecule has 0 bridgehead atoms. The third-order valence-electron chi connectivity index (χ3n) is 3.31. The molecule has 21 heavy (non-hydrogen) atoms. The van der Waals surface area contributed by atoms with Crippen LogP contribution < -0.4 is 5.73 Å². The number of benzene rings is 1. The van der Waals surface area contributed by atoms with Crippen molar-refractivity contribution in [1.29, 1.82) is 0 Å². The molecule has 0 aliphatic carbocycles. The molecule has 3 heterocycles. The maximum atomic E-state index is 6.27. The lowest BCUT2D eigenvalue weighted by Crippen LogP contribution is -1.92. The van der Waals surface area contributed by atoms with Crippen molar-refractivity contribution in [3.63, 3.8) is 0 Å². The first-order valence-corrected chi connectivity index (χ1v) is 7.24. The van der Waals surface area contributed by atoms with E-state index in [1.165, 1.54) is 11.8 Å². The zero-order valence-corrected chi connectivity index (χ0v) is 11.8. The van der Waals surface area contributed by atoms with Crippen LogP contribution in [0.3, 0.4) is 0 Å². The van der Waals surface area contributed by atoms with Crippen molar-refractivity contribution in [2.45, 2.75) is 10.1 Å². The minimum atomic E-state index is 0.743. The highest BCUT2D eigenvalue weighted by atomic mass is 32.2. The van der Waals surface area contributed by atoms with Crippen LogP contribution in [-0.4, -0.2) is 19.6 Å². The second-order valence-corrected chi connectivity index (χ2v) is 5.60. The van der Waals surface area contributed by atoms with Crippen LogP contribution in [0.1, 0.15) is 0 Å². The molecule has 0 atom stereocenters. The van der Waals surface area contributed by atoms with Crippen LogP contribution >= 0.6 is 11.8 Å². The number of fused-ring (bicyclic) bond motifs is 2. The highest BCUT2D eigenvalue weighted by Gasteiger charge is 2.10. The van der Waals surface area contributed by atoms with Crippen molar-refractivity contribution >= 4 is 33.9 Å². The van der Waals surface area contributed by atoms with Crippen LogP contribution in [0, 0.1) is 0 Å². The summed E-state index contributed by atoms with van der Waals surface area (Å²) < 4.78 is 1.95. The number of aromatic nitrogens is 4. The topological polar surface area (TPSA) is 69.1 Å². The third kappa shape index (κ3) is 2.00. The Labute approximate surface area is 124 Å². The fraction of sp³-hybridized carbons (Fsp3) is 0. The molecular formula is C15H11N5S. The van der Waals surface area contributed by atoms with Gasteiger partial charge in [-0.1, -0.05) is 12.1 Å². The van der Waals surface area contributed by atoms with Crippen LogP contribution in [0.25, 0.3) is 16.4 Å². The molecule has 4 rings (SSSR count). The summed E-state index contributed by atoms with van der Waals surface area (Å²) in [5, 5.41) is 11.2. The Hall–Kier alpha value is -2.60. The van der Waals surface area contributed by atoms with Gasteiger partial charge >= 0.3 is 0 Å². The molecule has 0 unspecified atom stereocenters. The average Bonchev–Trinajstić information content (AvgIpc) is 2.94. The summed E-state index contributed by atoms with van der Waals surface area (Å²) >= 11 is 1.51. The summed E-state index contributed by atoms with van der Waals surface area (Å²) in [5.41, 5.74) is 7.84. The van der Waals surface area contributed by atoms with Crippen LogP contribution in [-0.2, 0) is 0 Å². The normalized spacial score (nSPS) is 11.2. The first-order valence-electron chi connectivity index (χ1n) is 6.43. The summed E-state index contributed by atoms with van der Waals surface area (Å²) in [7, 11) is 0. The Bertz CT molecular complexity index is 947. The molecule has 0 amide bonds. The Morgan fingerprint density at radius 3 is 2.95 bits per heavy atom. The van der Waals surface area contributed by atoms with E-state index in [0.717, 1.165) is 32.2 Å². The molecule has 6 heteroatoms. The van der Waals surface area contributed by atoms with Crippen LogP contribution in [0.4, 0.5) is 5.69 Å². The first kappa shape index (κ1) is 12.2. The largest absolute Gasteiger partial charge is 0.397 e. The Morgan fingerprint density at radius 1 is 1.05 bits per heavy atom. The molecule has 2 N–H and O–H groups in total. The van der Waals surface area contributed by atoms with E-state index in [9.17, 15) is 0 Å². The predicted molar refractivity (Wildman–Crippen MR) is 83.3 cm³/mol. The summed E-state index contributed by atoms with van der Waals surface area (Å²) in [6.45, 7) is 0. The second-order valence-electron chi connectivity index (χ2n) is 4.59. The monoisotopic (exact) mass is 293 g/mol. The Kier molecular flexibility index (Phi) is 2.75. The van der Waals surface area contributed by atoms with Crippen molar-refractivity contribution < 1.29 is 0 Å². The quantitative estimate of drug-likeness (QED) is 0.575. The number of hydrogen-bond donors (Lipinski definition) is 1. The lowest BCUT2D eigenvalue weighted by atomic mass is 10.1. The lowest BCUT2D eigenvalue weighted by molar-refractivity contribution is 0.922. The zero-order valence-electron chi connectivity index (χ0n) is 11.0. The maximum absolute atomic E-state index is 6.27. The van der Waals surface area contributed by atoms with Crippen molar-refractivity contribution in [1.82, 2.24) is 19.6 Å². The van der Waals surface area contributed by atoms with E-state index in [2.05, 4.69) is 15.2 Å². The first-order chi connectivity index (χ1) is 10.3. The van der Waals surface area contributed by atoms with Gasteiger partial charge in [0.15, 0.2) is 5.65 Å². The van der Waals surface area contributed by atoms with Crippen molar-refractivity contribution in [3.8, 4) is 0 Å². The average molecular weight is 293 g/mol. The van der Waals surface area contributed by atoms with Gasteiger partial charge in [0.2, 0.25) is 5.16 Å². The van der Waals surface area contributed by atoms with E-state index in [1.54, 1.807) is 6.20 Å². The maximum Gasteiger partial charge on any atom is 0.200 e. The highest BCUT2D eigenvalue weighted by Crippen LogP contribution is 2.35. The molecule has 3 aromatic heterocycles. The van der Waals surface area contributed by atoms with E-state index < -0.39 is 0 Å². The molecule has 0 aliphatic heterocycles. The van der Waals surface area contributed by atoms with Gasteiger partial charge in [-0.15, -0.1) is 10.2 Å². The molecule has 0 spiro atoms. The van der Waals surface area contributed by atoms with E-state index in [-0.39, 0.29) is 0 Å². The lowest BCUT2D eigenvalue weighted by Gasteiger charge is -2.07. The molecule has 0 saturated carbocycles. The van der Waals surface area contributed by atoms with E-state index in [4.69, 9.17) is 5.73 Å². The van der Waals surface area contributed by atoms with Gasteiger partial charge < -0.3 is 5.73 Å². The van der Waals surface area contributed by atoms with E-state index in [0.29, 0.717) is 0 Å². The zero-order chi connectivity index (χ0) is 14.2. The number of hydrogen-bond acceptors (Lipinski definition) is 5. The van der Waals surface area contributed by atoms with Crippen molar-refractivity contribution in [2.75, 3.05) is 5.73 Å². The molecule has 0 saturated heterocycles. The van der Waals surface area contributed by atoms with Crippen LogP contribution in [0.2, 0.25) is 0 Å². The number of pyridine rings is 2. The van der Waals surface area contributed by atoms with Crippen molar-refractivity contribution in [2.24, 2.45) is 0 Å². The molecule has 102 valence electrons. The standard InChI is InChI=1S/C15H11N5S/c16-14-11-6-7-17-9-10(11)4-5-12(14)21-15-19-18-13-3-1-2-8-20(13)15/h1-9H,16H2. The van der Waals surface area contributed by atoms with Gasteiger partial charge in [-0.2, -0.15) is 0 Å². The number of nitrogen functional groups attached to an aromatic ring is 1. The highest BCUT2D eigenvalue weighted by molar-refractivity contribution is 7.99. The summed E-state index contributed by atoms with van der Waals surface area (Å²) in [5.74, 6) is 0. The minimum absolute atomic E-state index is 0.743. The van der Waals surface area contributed by atoms with Gasteiger partial charge in [0.05, 0.1) is 5.69 Å². The van der Waals surface area contributed by atoms with Gasteiger partial charge in [0.25, 0.3) is 0 Å². The number of rotatable bonds is 2. The predicted octanol–water partition coefficient (Wildman–Crippen LogP) is 3.01. The molecule has 5 nitrogen and oxygen atoms in total. The van der Waals surface area contributed by atoms with Crippen LogP contribution in [0.15, 0.2) is 65.0 Å². The molecule has 1 aromatic carbocycles. The second kappa shape index (κ2) is 4.75. The Balaban J connectivity index is 1.82. The minimum Gasteiger partial charge on any atom is -0.397 e. The Morgan fingerprint density at radius 2 is 2.00 bits per heavy atom. The van der Waals surface area contributed by atoms with Gasteiger partial charge in [-0.25, -0.2) is 0 Å². The van der Waals surface area contributed by atoms with Gasteiger partial charge in [-0.05, 0) is 36.0 Å². The number of nitrogens with two attached hydrogens (primary N) is 1. The fourth-order valence-corrected chi connectivity index (χ4v) is 3.14. The van der Waals surface area contributed by atoms with Crippen LogP contribution in [0.5, 0.6) is 0 Å². The molecule has 0 aliphatic rings. The molecule has 0 radical (unpaired) electrons. The van der Waals surface area contributed by atoms with Crippen molar-refractivity contribution in [3.05, 3.63) is 55.0 Å². The smallest absolute Gasteiger partial charge is 0.200 e. The fourth-order valence-electron chi connectivity index (χ4n) is 2.25. The van der Waals surface area contributed by atoms with Gasteiger partial charge in [-0.3, -0.25) is 9.38 Å². The number of nitrogens with zero attached hydrogens (tertiary/aromatic N) is 4. The van der Waals surface area contributed by atoms with Gasteiger partial charge in [0.1, 0.15) is 0 Å². The summed E-state index contributed by atoms with van der Waals surface area (Å²) in [6, 6.07) is 11.8. The number of anilines is 1. The third-order valence-corrected chi connectivity index (χ3v) is 4.34. The van der Waals surface area contributed by atoms with E-state index >= 15 is 0 Å². The molecule has 4 aromatic rings. The summed E-state index contributed by atoms with van der Waals surface area (Å²) in [6.07, 6.45) is 5.51. The van der Waals surface area contributed by atoms with E-state index in [1.807, 2.05) is 53.2 Å². The molecular weight excluding hydrogens is 282 g/mol. The summed E-state index contributed by atoms with van der Waals surface area (Å²) in [4.78, 5) is 5.08. The molecule has 0 fully saturated rings. The SMILES string of the molecule is Nc1c(Sc2nnc3ccccn23)ccc2cnccc12. The van der Waals surface area contributed by atoms with Gasteiger partial charge in [0, 0.05) is 34.3 Å².